The second kappa shape index (κ2) is 7.24. The Morgan fingerprint density at radius 3 is 2.75 bits per heavy atom. The molecule has 1 aromatic carbocycles. The first-order chi connectivity index (χ1) is 9.28. The molecule has 0 radical (unpaired) electrons. The van der Waals surface area contributed by atoms with E-state index in [1.807, 2.05) is 0 Å². The number of carbonyl (C=O) groups is 1. The molecule has 0 heterocycles. The summed E-state index contributed by atoms with van der Waals surface area (Å²) in [5.41, 5.74) is 0.0211. The third-order valence-corrected chi connectivity index (χ3v) is 2.56. The van der Waals surface area contributed by atoms with E-state index in [1.165, 1.54) is 12.1 Å². The van der Waals surface area contributed by atoms with Crippen LogP contribution < -0.4 is 5.32 Å². The van der Waals surface area contributed by atoms with Crippen molar-refractivity contribution in [3.05, 3.63) is 35.6 Å². The molecule has 1 atom stereocenters. The number of rotatable bonds is 5. The fraction of sp³-hybridized carbons (Fsp3) is 0.533. The van der Waals surface area contributed by atoms with Crippen LogP contribution in [0, 0.1) is 5.82 Å². The number of halogens is 1. The average molecular weight is 283 g/mol. The lowest BCUT2D eigenvalue weighted by molar-refractivity contribution is 0.0523. The summed E-state index contributed by atoms with van der Waals surface area (Å²) in [6, 6.07) is 5.88. The van der Waals surface area contributed by atoms with Gasteiger partial charge in [-0.25, -0.2) is 9.18 Å². The summed E-state index contributed by atoms with van der Waals surface area (Å²) >= 11 is 0. The number of aliphatic hydroxyl groups is 1. The van der Waals surface area contributed by atoms with Gasteiger partial charge in [0.2, 0.25) is 0 Å². The van der Waals surface area contributed by atoms with Crippen molar-refractivity contribution in [3.8, 4) is 0 Å². The Morgan fingerprint density at radius 1 is 1.45 bits per heavy atom. The number of benzene rings is 1. The van der Waals surface area contributed by atoms with Crippen molar-refractivity contribution in [2.45, 2.75) is 45.3 Å². The Bertz CT molecular complexity index is 443. The van der Waals surface area contributed by atoms with Crippen LogP contribution in [0.3, 0.4) is 0 Å². The zero-order valence-corrected chi connectivity index (χ0v) is 12.1. The van der Waals surface area contributed by atoms with Crippen LogP contribution in [-0.4, -0.2) is 23.3 Å². The van der Waals surface area contributed by atoms with Crippen molar-refractivity contribution in [2.75, 3.05) is 6.54 Å². The van der Waals surface area contributed by atoms with Gasteiger partial charge in [0, 0.05) is 6.54 Å². The minimum absolute atomic E-state index is 0.367. The lowest BCUT2D eigenvalue weighted by atomic mass is 10.1. The van der Waals surface area contributed by atoms with E-state index in [2.05, 4.69) is 5.32 Å². The molecule has 0 aliphatic rings. The molecule has 112 valence electrons. The molecule has 4 nitrogen and oxygen atoms in total. The number of hydrogen-bond donors (Lipinski definition) is 2. The fourth-order valence-corrected chi connectivity index (χ4v) is 1.68. The van der Waals surface area contributed by atoms with Gasteiger partial charge >= 0.3 is 6.09 Å². The van der Waals surface area contributed by atoms with E-state index in [4.69, 9.17) is 4.74 Å². The molecular formula is C15H22FNO3. The highest BCUT2D eigenvalue weighted by Gasteiger charge is 2.15. The quantitative estimate of drug-likeness (QED) is 0.816. The zero-order chi connectivity index (χ0) is 15.2. The van der Waals surface area contributed by atoms with E-state index in [0.717, 1.165) is 0 Å². The second-order valence-electron chi connectivity index (χ2n) is 5.64. The van der Waals surface area contributed by atoms with E-state index in [-0.39, 0.29) is 5.82 Å². The Balaban J connectivity index is 2.26. The lowest BCUT2D eigenvalue weighted by Crippen LogP contribution is -2.33. The number of alkyl carbamates (subject to hydrolysis) is 1. The number of amides is 1. The Labute approximate surface area is 119 Å². The van der Waals surface area contributed by atoms with Crippen molar-refractivity contribution in [3.63, 3.8) is 0 Å². The van der Waals surface area contributed by atoms with E-state index < -0.39 is 17.8 Å². The predicted octanol–water partition coefficient (Wildman–Crippen LogP) is 3.16. The highest BCUT2D eigenvalue weighted by Crippen LogP contribution is 2.18. The molecule has 0 fully saturated rings. The monoisotopic (exact) mass is 283 g/mol. The largest absolute Gasteiger partial charge is 0.444 e. The van der Waals surface area contributed by atoms with Crippen molar-refractivity contribution < 1.29 is 19.0 Å². The predicted molar refractivity (Wildman–Crippen MR) is 74.8 cm³/mol. The maximum atomic E-state index is 13.0. The Kier molecular flexibility index (Phi) is 5.95. The average Bonchev–Trinajstić information content (AvgIpc) is 2.32. The Morgan fingerprint density at radius 2 is 2.15 bits per heavy atom. The number of nitrogens with one attached hydrogen (secondary N) is 1. The van der Waals surface area contributed by atoms with Gasteiger partial charge in [0.05, 0.1) is 6.10 Å². The summed E-state index contributed by atoms with van der Waals surface area (Å²) in [6.45, 7) is 5.78. The molecule has 20 heavy (non-hydrogen) atoms. The van der Waals surface area contributed by atoms with Crippen LogP contribution in [0.2, 0.25) is 0 Å². The minimum Gasteiger partial charge on any atom is -0.444 e. The van der Waals surface area contributed by atoms with Crippen LogP contribution in [0.15, 0.2) is 24.3 Å². The van der Waals surface area contributed by atoms with Crippen LogP contribution in [0.4, 0.5) is 9.18 Å². The first-order valence-corrected chi connectivity index (χ1v) is 6.68. The third kappa shape index (κ3) is 6.52. The second-order valence-corrected chi connectivity index (χ2v) is 5.64. The van der Waals surface area contributed by atoms with Crippen LogP contribution in [0.25, 0.3) is 0 Å². The molecule has 1 amide bonds. The summed E-state index contributed by atoms with van der Waals surface area (Å²) in [5, 5.41) is 12.5. The Hall–Kier alpha value is -1.62. The maximum absolute atomic E-state index is 13.0. The third-order valence-electron chi connectivity index (χ3n) is 2.56. The van der Waals surface area contributed by atoms with Crippen molar-refractivity contribution in [2.24, 2.45) is 0 Å². The standard InChI is InChI=1S/C15H22FNO3/c1-15(2,3)20-14(19)17-9-5-8-13(18)11-6-4-7-12(16)10-11/h4,6-7,10,13,18H,5,8-9H2,1-3H3,(H,17,19)/t13-/m1/s1. The molecule has 0 spiro atoms. The summed E-state index contributed by atoms with van der Waals surface area (Å²) in [7, 11) is 0. The van der Waals surface area contributed by atoms with Crippen LogP contribution in [0.5, 0.6) is 0 Å². The van der Waals surface area contributed by atoms with Gasteiger partial charge in [-0.3, -0.25) is 0 Å². The van der Waals surface area contributed by atoms with Crippen molar-refractivity contribution >= 4 is 6.09 Å². The highest BCUT2D eigenvalue weighted by atomic mass is 19.1. The molecule has 5 heteroatoms. The first kappa shape index (κ1) is 16.4. The van der Waals surface area contributed by atoms with Gasteiger partial charge < -0.3 is 15.2 Å². The van der Waals surface area contributed by atoms with Gasteiger partial charge in [0.15, 0.2) is 0 Å². The van der Waals surface area contributed by atoms with Gasteiger partial charge in [-0.2, -0.15) is 0 Å². The number of ether oxygens (including phenoxy) is 1. The summed E-state index contributed by atoms with van der Waals surface area (Å²) in [5.74, 6) is -0.367. The van der Waals surface area contributed by atoms with Gasteiger partial charge in [0.25, 0.3) is 0 Å². The smallest absolute Gasteiger partial charge is 0.407 e. The first-order valence-electron chi connectivity index (χ1n) is 6.68. The van der Waals surface area contributed by atoms with Gasteiger partial charge in [-0.05, 0) is 51.3 Å². The van der Waals surface area contributed by atoms with Crippen LogP contribution in [0.1, 0.15) is 45.3 Å². The molecule has 0 bridgehead atoms. The SMILES string of the molecule is CC(C)(C)OC(=O)NCCC[C@@H](O)c1cccc(F)c1. The summed E-state index contributed by atoms with van der Waals surface area (Å²) in [6.07, 6.45) is -0.181. The molecule has 1 rings (SSSR count). The lowest BCUT2D eigenvalue weighted by Gasteiger charge is -2.19. The molecule has 0 unspecified atom stereocenters. The molecule has 1 aromatic rings. The molecule has 0 aromatic heterocycles. The summed E-state index contributed by atoms with van der Waals surface area (Å²) in [4.78, 5) is 11.4. The van der Waals surface area contributed by atoms with Crippen LogP contribution in [-0.2, 0) is 4.74 Å². The molecule has 0 aliphatic heterocycles. The number of carbonyl (C=O) groups excluding carboxylic acids is 1. The molecule has 2 N–H and O–H groups in total. The molecular weight excluding hydrogens is 261 g/mol. The van der Waals surface area contributed by atoms with Gasteiger partial charge in [-0.1, -0.05) is 12.1 Å². The fourth-order valence-electron chi connectivity index (χ4n) is 1.68. The molecule has 0 aliphatic carbocycles. The molecule has 0 saturated heterocycles. The van der Waals surface area contributed by atoms with E-state index >= 15 is 0 Å². The van der Waals surface area contributed by atoms with Crippen LogP contribution >= 0.6 is 0 Å². The van der Waals surface area contributed by atoms with Crippen molar-refractivity contribution in [1.29, 1.82) is 0 Å². The number of hydrogen-bond acceptors (Lipinski definition) is 3. The minimum atomic E-state index is -0.730. The van der Waals surface area contributed by atoms with E-state index in [0.29, 0.717) is 24.9 Å². The topological polar surface area (TPSA) is 58.6 Å². The number of aliphatic hydroxyl groups excluding tert-OH is 1. The normalized spacial score (nSPS) is 12.8. The van der Waals surface area contributed by atoms with Gasteiger partial charge in [-0.15, -0.1) is 0 Å². The molecule has 0 saturated carbocycles. The maximum Gasteiger partial charge on any atom is 0.407 e. The summed E-state index contributed by atoms with van der Waals surface area (Å²) < 4.78 is 18.1. The van der Waals surface area contributed by atoms with Gasteiger partial charge in [0.1, 0.15) is 11.4 Å². The van der Waals surface area contributed by atoms with E-state index in [9.17, 15) is 14.3 Å². The van der Waals surface area contributed by atoms with E-state index in [1.54, 1.807) is 32.9 Å². The van der Waals surface area contributed by atoms with Crippen molar-refractivity contribution in [1.82, 2.24) is 5.32 Å². The zero-order valence-electron chi connectivity index (χ0n) is 12.1. The highest BCUT2D eigenvalue weighted by molar-refractivity contribution is 5.67.